The van der Waals surface area contributed by atoms with E-state index in [4.69, 9.17) is 5.11 Å². The number of carboxylic acids is 1. The number of nitrogens with zero attached hydrogens (tertiary/aromatic N) is 1. The molecule has 0 saturated carbocycles. The minimum Gasteiger partial charge on any atom is -0.480 e. The first-order valence-electron chi connectivity index (χ1n) is 6.44. The molecule has 1 aliphatic rings. The van der Waals surface area contributed by atoms with E-state index in [0.717, 1.165) is 24.1 Å². The van der Waals surface area contributed by atoms with Crippen LogP contribution in [0.2, 0.25) is 0 Å². The monoisotopic (exact) mass is 262 g/mol. The van der Waals surface area contributed by atoms with Gasteiger partial charge in [-0.2, -0.15) is 0 Å². The van der Waals surface area contributed by atoms with Gasteiger partial charge >= 0.3 is 5.97 Å². The molecule has 0 radical (unpaired) electrons. The van der Waals surface area contributed by atoms with Crippen LogP contribution in [0.5, 0.6) is 0 Å². The standard InChI is InChI=1S/C14H18N2O3/c1-2-15-14(19)11-3-4-12-8-16(9-13(17)18)6-5-10(12)7-11/h3-4,7H,2,5-6,8-9H2,1H3,(H,15,19)(H,17,18). The lowest BCUT2D eigenvalue weighted by atomic mass is 9.97. The molecule has 0 aliphatic carbocycles. The van der Waals surface area contributed by atoms with E-state index in [1.165, 1.54) is 0 Å². The second-order valence-corrected chi connectivity index (χ2v) is 4.70. The SMILES string of the molecule is CCNC(=O)c1ccc2c(c1)CCN(CC(=O)O)C2. The van der Waals surface area contributed by atoms with Gasteiger partial charge in [0.2, 0.25) is 0 Å². The highest BCUT2D eigenvalue weighted by atomic mass is 16.4. The third kappa shape index (κ3) is 3.32. The van der Waals surface area contributed by atoms with E-state index in [1.54, 1.807) is 6.07 Å². The summed E-state index contributed by atoms with van der Waals surface area (Å²) in [7, 11) is 0. The lowest BCUT2D eigenvalue weighted by Gasteiger charge is -2.27. The van der Waals surface area contributed by atoms with Crippen molar-refractivity contribution in [1.82, 2.24) is 10.2 Å². The Labute approximate surface area is 112 Å². The molecular formula is C14H18N2O3. The lowest BCUT2D eigenvalue weighted by Crippen LogP contribution is -2.35. The van der Waals surface area contributed by atoms with Gasteiger partial charge in [-0.05, 0) is 36.6 Å². The second kappa shape index (κ2) is 5.84. The lowest BCUT2D eigenvalue weighted by molar-refractivity contribution is -0.138. The van der Waals surface area contributed by atoms with Crippen LogP contribution in [0.25, 0.3) is 0 Å². The Kier molecular flexibility index (Phi) is 4.16. The van der Waals surface area contributed by atoms with Crippen LogP contribution in [0.1, 0.15) is 28.4 Å². The van der Waals surface area contributed by atoms with Crippen molar-refractivity contribution in [2.45, 2.75) is 19.9 Å². The summed E-state index contributed by atoms with van der Waals surface area (Å²) >= 11 is 0. The maximum absolute atomic E-state index is 11.7. The average molecular weight is 262 g/mol. The first kappa shape index (κ1) is 13.5. The summed E-state index contributed by atoms with van der Waals surface area (Å²) in [5.41, 5.74) is 2.93. The first-order chi connectivity index (χ1) is 9.10. The van der Waals surface area contributed by atoms with Gasteiger partial charge in [-0.3, -0.25) is 14.5 Å². The largest absolute Gasteiger partial charge is 0.480 e. The summed E-state index contributed by atoms with van der Waals surface area (Å²) in [5.74, 6) is -0.861. The number of carbonyl (C=O) groups excluding carboxylic acids is 1. The third-order valence-electron chi connectivity index (χ3n) is 3.26. The Morgan fingerprint density at radius 1 is 1.37 bits per heavy atom. The Bertz CT molecular complexity index is 499. The number of amides is 1. The first-order valence-corrected chi connectivity index (χ1v) is 6.44. The molecule has 1 heterocycles. The Morgan fingerprint density at radius 2 is 2.16 bits per heavy atom. The van der Waals surface area contributed by atoms with Crippen molar-refractivity contribution >= 4 is 11.9 Å². The predicted octanol–water partition coefficient (Wildman–Crippen LogP) is 0.879. The molecule has 102 valence electrons. The zero-order valence-electron chi connectivity index (χ0n) is 11.0. The van der Waals surface area contributed by atoms with E-state index in [0.29, 0.717) is 18.7 Å². The highest BCUT2D eigenvalue weighted by Gasteiger charge is 2.19. The number of rotatable bonds is 4. The molecule has 0 saturated heterocycles. The van der Waals surface area contributed by atoms with Crippen LogP contribution in [0.15, 0.2) is 18.2 Å². The Balaban J connectivity index is 2.11. The molecule has 0 unspecified atom stereocenters. The molecule has 1 aromatic rings. The highest BCUT2D eigenvalue weighted by Crippen LogP contribution is 2.20. The molecule has 1 aromatic carbocycles. The van der Waals surface area contributed by atoms with Crippen molar-refractivity contribution in [3.05, 3.63) is 34.9 Å². The molecule has 1 amide bonds. The molecule has 5 heteroatoms. The summed E-state index contributed by atoms with van der Waals surface area (Å²) in [6.45, 7) is 3.93. The minimum absolute atomic E-state index is 0.0572. The molecule has 5 nitrogen and oxygen atoms in total. The fourth-order valence-corrected chi connectivity index (χ4v) is 2.34. The quantitative estimate of drug-likeness (QED) is 0.845. The van der Waals surface area contributed by atoms with E-state index in [2.05, 4.69) is 5.32 Å². The van der Waals surface area contributed by atoms with Crippen LogP contribution in [-0.4, -0.2) is 41.5 Å². The van der Waals surface area contributed by atoms with E-state index in [1.807, 2.05) is 24.0 Å². The summed E-state index contributed by atoms with van der Waals surface area (Å²) in [4.78, 5) is 24.3. The van der Waals surface area contributed by atoms with Gasteiger partial charge in [0.1, 0.15) is 0 Å². The van der Waals surface area contributed by atoms with Gasteiger partial charge < -0.3 is 10.4 Å². The van der Waals surface area contributed by atoms with Crippen molar-refractivity contribution in [1.29, 1.82) is 0 Å². The maximum atomic E-state index is 11.7. The number of nitrogens with one attached hydrogen (secondary N) is 1. The average Bonchev–Trinajstić information content (AvgIpc) is 2.37. The molecule has 0 aromatic heterocycles. The summed E-state index contributed by atoms with van der Waals surface area (Å²) in [6.07, 6.45) is 0.788. The normalized spacial score (nSPS) is 14.8. The summed E-state index contributed by atoms with van der Waals surface area (Å²) < 4.78 is 0. The van der Waals surface area contributed by atoms with Crippen LogP contribution in [0, 0.1) is 0 Å². The number of hydrogen-bond donors (Lipinski definition) is 2. The number of hydrogen-bond acceptors (Lipinski definition) is 3. The van der Waals surface area contributed by atoms with E-state index in [-0.39, 0.29) is 12.5 Å². The van der Waals surface area contributed by atoms with Crippen LogP contribution in [0.4, 0.5) is 0 Å². The fraction of sp³-hybridized carbons (Fsp3) is 0.429. The number of carbonyl (C=O) groups is 2. The van der Waals surface area contributed by atoms with Gasteiger partial charge in [-0.15, -0.1) is 0 Å². The van der Waals surface area contributed by atoms with Crippen LogP contribution in [0.3, 0.4) is 0 Å². The van der Waals surface area contributed by atoms with Crippen molar-refractivity contribution in [3.63, 3.8) is 0 Å². The Morgan fingerprint density at radius 3 is 2.84 bits per heavy atom. The van der Waals surface area contributed by atoms with Crippen molar-refractivity contribution in [2.24, 2.45) is 0 Å². The maximum Gasteiger partial charge on any atom is 0.317 e. The molecule has 2 rings (SSSR count). The van der Waals surface area contributed by atoms with Crippen LogP contribution in [-0.2, 0) is 17.8 Å². The van der Waals surface area contributed by atoms with Crippen molar-refractivity contribution in [3.8, 4) is 0 Å². The highest BCUT2D eigenvalue weighted by molar-refractivity contribution is 5.94. The topological polar surface area (TPSA) is 69.6 Å². The number of benzene rings is 1. The molecule has 0 spiro atoms. The van der Waals surface area contributed by atoms with E-state index < -0.39 is 5.97 Å². The van der Waals surface area contributed by atoms with Gasteiger partial charge in [0.15, 0.2) is 0 Å². The van der Waals surface area contributed by atoms with Crippen LogP contribution < -0.4 is 5.32 Å². The summed E-state index contributed by atoms with van der Waals surface area (Å²) in [6, 6.07) is 5.64. The zero-order valence-corrected chi connectivity index (χ0v) is 11.0. The molecule has 0 fully saturated rings. The van der Waals surface area contributed by atoms with E-state index in [9.17, 15) is 9.59 Å². The molecule has 2 N–H and O–H groups in total. The van der Waals surface area contributed by atoms with Gasteiger partial charge in [0.25, 0.3) is 5.91 Å². The molecule has 0 bridgehead atoms. The molecule has 1 aliphatic heterocycles. The number of fused-ring (bicyclic) bond motifs is 1. The van der Waals surface area contributed by atoms with Crippen molar-refractivity contribution < 1.29 is 14.7 Å². The van der Waals surface area contributed by atoms with Gasteiger partial charge in [-0.25, -0.2) is 0 Å². The summed E-state index contributed by atoms with van der Waals surface area (Å²) in [5, 5.41) is 11.6. The smallest absolute Gasteiger partial charge is 0.317 e. The number of carboxylic acid groups (broad SMARTS) is 1. The molecular weight excluding hydrogens is 244 g/mol. The van der Waals surface area contributed by atoms with Crippen LogP contribution >= 0.6 is 0 Å². The van der Waals surface area contributed by atoms with Crippen molar-refractivity contribution in [2.75, 3.05) is 19.6 Å². The molecule has 19 heavy (non-hydrogen) atoms. The number of aliphatic carboxylic acids is 1. The van der Waals surface area contributed by atoms with Gasteiger partial charge in [0.05, 0.1) is 6.54 Å². The second-order valence-electron chi connectivity index (χ2n) is 4.70. The Hall–Kier alpha value is -1.88. The third-order valence-corrected chi connectivity index (χ3v) is 3.26. The van der Waals surface area contributed by atoms with E-state index >= 15 is 0 Å². The molecule has 0 atom stereocenters. The predicted molar refractivity (Wildman–Crippen MR) is 71.1 cm³/mol. The zero-order chi connectivity index (χ0) is 13.8. The van der Waals surface area contributed by atoms with Gasteiger partial charge in [0, 0.05) is 25.2 Å². The van der Waals surface area contributed by atoms with Gasteiger partial charge in [-0.1, -0.05) is 6.07 Å². The fourth-order valence-electron chi connectivity index (χ4n) is 2.34. The minimum atomic E-state index is -0.803.